The molecule has 0 radical (unpaired) electrons. The van der Waals surface area contributed by atoms with Crippen LogP contribution in [0.2, 0.25) is 5.28 Å². The molecule has 0 aliphatic carbocycles. The molecule has 95 heavy (non-hydrogen) atoms. The SMILES string of the molecule is C=Cc1ncc(F)c(Nc2n[nH]c3c2CN(C(=O)N2CC(C)(C)N(C)C[C@@H]2C)C3(C)C)n1.CCc1ncc(F)c(Nc2n[nH]c3c2CN(C(=O)N2CC(C)(C)N(C)C[C@@H]2C)C3(C)C)n1.C[C@H]1CN(C)C(C)(C)CN1C(=O)N1Cc2c(Nc3nc(Cl)ncc3F)n[nH]c2C1(C)C.[2HH]. The minimum Gasteiger partial charge on any atom is -0.321 e. The van der Waals surface area contributed by atoms with Crippen molar-refractivity contribution in [1.29, 1.82) is 0 Å². The summed E-state index contributed by atoms with van der Waals surface area (Å²) in [4.78, 5) is 83.0. The first kappa shape index (κ1) is 69.6. The molecule has 6 N–H and O–H groups in total. The third kappa shape index (κ3) is 13.1. The molecule has 516 valence electrons. The van der Waals surface area contributed by atoms with E-state index in [0.29, 0.717) is 74.8 Å². The monoisotopic (exact) mass is 1340 g/mol. The summed E-state index contributed by atoms with van der Waals surface area (Å²) in [5, 5.41) is 30.9. The van der Waals surface area contributed by atoms with Gasteiger partial charge in [-0.15, -0.1) is 0 Å². The first-order valence-electron chi connectivity index (χ1n) is 32.1. The standard InChI is InChI=1S/C22H33FN8O.C22H31FN8O.C20H28ClFN8O.H2/c2*1-8-16-24-9-15(23)19(25-16)26-18-14-11-31(22(5,6)17(14)27-28-18)20(32)30-12-21(3,4)29(7)10-13(30)2;1-11-8-28(6)19(2,3)10-29(11)18(31)30-9-12-14(20(30,4)5)26-27-15(12)24-16-13(22)7-23-17(21)25-16;/h9,13H,8,10-12H2,1-7H3,(H2,24,25,26,27,28);8-9,13H,1,10-12H2,2-7H3,(H2,24,25,26,27,28);7,11H,8-10H2,1-6H3,(H2,23,24,25,26,27);1H/t2*13-;11-;/m000./s1/i;;;1+1. The number of hydrogen-bond donors (Lipinski definition) is 6. The number of H-pyrrole nitrogens is 3. The number of nitrogens with zero attached hydrogens (tertiary/aromatic N) is 18. The van der Waals surface area contributed by atoms with Crippen LogP contribution >= 0.6 is 11.6 Å². The Kier molecular flexibility index (Phi) is 18.6. The maximum Gasteiger partial charge on any atom is 0.321 e. The number of aromatic nitrogens is 12. The molecule has 12 rings (SSSR count). The zero-order chi connectivity index (χ0) is 69.6. The highest BCUT2D eigenvalue weighted by Gasteiger charge is 2.51. The second-order valence-corrected chi connectivity index (χ2v) is 29.6. The molecule has 27 nitrogen and oxygen atoms in total. The molecule has 0 saturated carbocycles. The van der Waals surface area contributed by atoms with Crippen LogP contribution in [0.1, 0.15) is 158 Å². The number of fused-ring (bicyclic) bond motifs is 3. The first-order valence-corrected chi connectivity index (χ1v) is 32.5. The summed E-state index contributed by atoms with van der Waals surface area (Å²) in [6, 6.07) is 0.257. The van der Waals surface area contributed by atoms with Crippen LogP contribution in [0.4, 0.5) is 62.5 Å². The molecule has 6 aromatic rings. The second kappa shape index (κ2) is 25.4. The van der Waals surface area contributed by atoms with Crippen molar-refractivity contribution in [3.05, 3.63) is 93.3 Å². The van der Waals surface area contributed by atoms with E-state index in [1.807, 2.05) is 77.9 Å². The van der Waals surface area contributed by atoms with Crippen LogP contribution in [0, 0.1) is 17.5 Å². The lowest BCUT2D eigenvalue weighted by Gasteiger charge is -2.50. The van der Waals surface area contributed by atoms with Gasteiger partial charge in [0.2, 0.25) is 5.28 Å². The molecular formula is C64H94ClF3N24O3. The summed E-state index contributed by atoms with van der Waals surface area (Å²) in [5.41, 5.74) is 2.85. The van der Waals surface area contributed by atoms with Crippen LogP contribution < -0.4 is 16.0 Å². The van der Waals surface area contributed by atoms with Crippen LogP contribution in [-0.4, -0.2) is 218 Å². The highest BCUT2D eigenvalue weighted by molar-refractivity contribution is 6.28. The van der Waals surface area contributed by atoms with Gasteiger partial charge in [0, 0.05) is 98.5 Å². The molecule has 31 heteroatoms. The molecule has 0 bridgehead atoms. The summed E-state index contributed by atoms with van der Waals surface area (Å²) in [5.74, 6) is 0.463. The van der Waals surface area contributed by atoms with Gasteiger partial charge in [0.15, 0.2) is 58.2 Å². The van der Waals surface area contributed by atoms with Crippen molar-refractivity contribution >= 4 is 70.7 Å². The predicted molar refractivity (Wildman–Crippen MR) is 359 cm³/mol. The average Bonchev–Trinajstić information content (AvgIpc) is 1.42. The Morgan fingerprint density at radius 3 is 1.19 bits per heavy atom. The van der Waals surface area contributed by atoms with E-state index in [-0.39, 0.29) is 77.0 Å². The number of carbonyl (C=O) groups is 3. The quantitative estimate of drug-likeness (QED) is 0.0773. The Morgan fingerprint density at radius 2 is 0.853 bits per heavy atom. The van der Waals surface area contributed by atoms with Crippen molar-refractivity contribution in [3.8, 4) is 0 Å². The Labute approximate surface area is 559 Å². The number of piperazine rings is 3. The van der Waals surface area contributed by atoms with Crippen molar-refractivity contribution in [2.45, 2.75) is 188 Å². The normalized spacial score (nSPS) is 22.2. The lowest BCUT2D eigenvalue weighted by molar-refractivity contribution is 0.00685. The predicted octanol–water partition coefficient (Wildman–Crippen LogP) is 10.1. The number of aromatic amines is 3. The molecule has 12 heterocycles. The number of anilines is 6. The number of carbonyl (C=O) groups excluding carboxylic acids is 3. The van der Waals surface area contributed by atoms with E-state index in [4.69, 9.17) is 11.6 Å². The Morgan fingerprint density at radius 1 is 0.537 bits per heavy atom. The maximum absolute atomic E-state index is 14.3. The van der Waals surface area contributed by atoms with E-state index in [0.717, 1.165) is 72.0 Å². The van der Waals surface area contributed by atoms with Crippen LogP contribution in [0.5, 0.6) is 0 Å². The molecule has 6 aliphatic rings. The van der Waals surface area contributed by atoms with Crippen LogP contribution in [0.3, 0.4) is 0 Å². The number of hydrogen-bond acceptors (Lipinski definition) is 18. The molecule has 3 atom stereocenters. The van der Waals surface area contributed by atoms with Crippen molar-refractivity contribution in [1.82, 2.24) is 105 Å². The second-order valence-electron chi connectivity index (χ2n) is 29.2. The average molecular weight is 1340 g/mol. The molecule has 3 saturated heterocycles. The molecule has 6 aliphatic heterocycles. The molecule has 0 spiro atoms. The van der Waals surface area contributed by atoms with Gasteiger partial charge < -0.3 is 45.3 Å². The van der Waals surface area contributed by atoms with Gasteiger partial charge in [0.05, 0.1) is 71.9 Å². The minimum absolute atomic E-state index is 0. The van der Waals surface area contributed by atoms with E-state index in [1.54, 1.807) is 0 Å². The number of nitrogens with one attached hydrogen (secondary N) is 6. The third-order valence-corrected chi connectivity index (χ3v) is 20.5. The van der Waals surface area contributed by atoms with Gasteiger partial charge in [-0.1, -0.05) is 13.5 Å². The van der Waals surface area contributed by atoms with Crippen LogP contribution in [0.25, 0.3) is 6.08 Å². The largest absolute Gasteiger partial charge is 0.321 e. The lowest BCUT2D eigenvalue weighted by atomic mass is 9.96. The van der Waals surface area contributed by atoms with Gasteiger partial charge in [0.25, 0.3) is 0 Å². The van der Waals surface area contributed by atoms with Gasteiger partial charge in [-0.05, 0) is 143 Å². The first-order chi connectivity index (χ1) is 44.3. The smallest absolute Gasteiger partial charge is 0.321 e. The minimum atomic E-state index is -0.639. The van der Waals surface area contributed by atoms with Gasteiger partial charge in [-0.25, -0.2) is 52.5 Å². The lowest BCUT2D eigenvalue weighted by Crippen LogP contribution is -2.65. The number of aryl methyl sites for hydroxylation is 1. The van der Waals surface area contributed by atoms with Gasteiger partial charge in [0.1, 0.15) is 5.82 Å². The summed E-state index contributed by atoms with van der Waals surface area (Å²) < 4.78 is 42.7. The number of urea groups is 3. The number of rotatable bonds is 8. The third-order valence-electron chi connectivity index (χ3n) is 20.3. The fraction of sp³-hybridized carbons (Fsp3) is 0.594. The fourth-order valence-electron chi connectivity index (χ4n) is 13.3. The molecule has 6 amide bonds. The number of likely N-dealkylation sites (N-methyl/N-ethyl adjacent to an activating group) is 3. The summed E-state index contributed by atoms with van der Waals surface area (Å²) in [6.45, 7) is 42.1. The number of halogens is 4. The Hall–Kier alpha value is -8.22. The van der Waals surface area contributed by atoms with E-state index >= 15 is 0 Å². The van der Waals surface area contributed by atoms with Crippen molar-refractivity contribution in [2.75, 3.05) is 76.4 Å². The summed E-state index contributed by atoms with van der Waals surface area (Å²) in [6.07, 6.45) is 5.30. The van der Waals surface area contributed by atoms with Crippen LogP contribution in [0.15, 0.2) is 25.2 Å². The van der Waals surface area contributed by atoms with E-state index < -0.39 is 34.1 Å². The highest BCUT2D eigenvalue weighted by atomic mass is 35.5. The van der Waals surface area contributed by atoms with Crippen molar-refractivity contribution in [2.24, 2.45) is 0 Å². The maximum atomic E-state index is 14.3. The van der Waals surface area contributed by atoms with Crippen molar-refractivity contribution < 1.29 is 29.0 Å². The zero-order valence-electron chi connectivity index (χ0n) is 58.1. The Balaban J connectivity index is 0.000000168. The van der Waals surface area contributed by atoms with E-state index in [1.165, 1.54) is 6.08 Å². The highest BCUT2D eigenvalue weighted by Crippen LogP contribution is 2.46. The topological polar surface area (TPSA) is 280 Å². The van der Waals surface area contributed by atoms with Gasteiger partial charge in [-0.3, -0.25) is 30.0 Å². The van der Waals surface area contributed by atoms with Gasteiger partial charge >= 0.3 is 18.1 Å². The van der Waals surface area contributed by atoms with Gasteiger partial charge in [-0.2, -0.15) is 20.3 Å². The van der Waals surface area contributed by atoms with Crippen LogP contribution in [-0.2, 0) is 42.7 Å². The summed E-state index contributed by atoms with van der Waals surface area (Å²) in [7, 11) is 6.28. The molecule has 6 aromatic heterocycles. The van der Waals surface area contributed by atoms with E-state index in [9.17, 15) is 27.6 Å². The van der Waals surface area contributed by atoms with Crippen molar-refractivity contribution in [3.63, 3.8) is 0 Å². The zero-order valence-corrected chi connectivity index (χ0v) is 58.9. The molecule has 0 aromatic carbocycles. The molecule has 3 fully saturated rings. The molecule has 0 unspecified atom stereocenters. The molecular weight excluding hydrogens is 1250 g/mol. The fourth-order valence-corrected chi connectivity index (χ4v) is 13.4. The van der Waals surface area contributed by atoms with E-state index in [2.05, 4.69) is 181 Å². The Bertz CT molecular complexity index is 3910. The summed E-state index contributed by atoms with van der Waals surface area (Å²) >= 11 is 5.80. The number of amides is 6.